The monoisotopic (exact) mass is 288 g/mol. The summed E-state index contributed by atoms with van der Waals surface area (Å²) in [6.45, 7) is 0.808. The van der Waals surface area contributed by atoms with Crippen molar-refractivity contribution in [3.63, 3.8) is 0 Å². The van der Waals surface area contributed by atoms with Gasteiger partial charge in [-0.05, 0) is 43.4 Å². The van der Waals surface area contributed by atoms with Crippen LogP contribution in [0, 0.1) is 0 Å². The third kappa shape index (κ3) is 2.72. The molecule has 4 nitrogen and oxygen atoms in total. The summed E-state index contributed by atoms with van der Waals surface area (Å²) in [6.07, 6.45) is 4.34. The number of hydrogen-bond acceptors (Lipinski definition) is 4. The van der Waals surface area contributed by atoms with E-state index in [0.717, 1.165) is 37.9 Å². The molecule has 112 valence electrons. The molecule has 21 heavy (non-hydrogen) atoms. The van der Waals surface area contributed by atoms with E-state index in [9.17, 15) is 9.59 Å². The molecule has 1 aliphatic carbocycles. The number of ketones is 1. The first-order valence-corrected chi connectivity index (χ1v) is 7.48. The molecule has 1 heterocycles. The normalized spacial score (nSPS) is 28.8. The zero-order valence-electron chi connectivity index (χ0n) is 12.3. The smallest absolute Gasteiger partial charge is 0.337 e. The number of methoxy groups -OCH3 is 1. The Bertz CT molecular complexity index is 540. The van der Waals surface area contributed by atoms with Crippen LogP contribution in [0.25, 0.3) is 0 Å². The number of esters is 1. The predicted molar refractivity (Wildman–Crippen MR) is 77.3 cm³/mol. The van der Waals surface area contributed by atoms with E-state index in [1.807, 2.05) is 12.1 Å². The lowest BCUT2D eigenvalue weighted by Crippen LogP contribution is -2.38. The van der Waals surface area contributed by atoms with Gasteiger partial charge in [0.05, 0.1) is 18.3 Å². The van der Waals surface area contributed by atoms with Gasteiger partial charge in [0.25, 0.3) is 0 Å². The minimum absolute atomic E-state index is 0.0976. The van der Waals surface area contributed by atoms with E-state index >= 15 is 0 Å². The molecule has 2 atom stereocenters. The second-order valence-electron chi connectivity index (χ2n) is 5.97. The second kappa shape index (κ2) is 5.60. The molecule has 1 saturated carbocycles. The lowest BCUT2D eigenvalue weighted by molar-refractivity contribution is -0.128. The number of carbonyl (C=O) groups excluding carboxylic acids is 2. The van der Waals surface area contributed by atoms with Crippen molar-refractivity contribution in [2.24, 2.45) is 0 Å². The van der Waals surface area contributed by atoms with Crippen molar-refractivity contribution in [1.29, 1.82) is 0 Å². The summed E-state index contributed by atoms with van der Waals surface area (Å²) in [5, 5.41) is 0. The average Bonchev–Trinajstić information content (AvgIpc) is 2.98. The zero-order valence-corrected chi connectivity index (χ0v) is 12.3. The Labute approximate surface area is 124 Å². The van der Waals surface area contributed by atoms with Crippen LogP contribution < -0.4 is 0 Å². The van der Waals surface area contributed by atoms with Crippen molar-refractivity contribution in [2.45, 2.75) is 43.6 Å². The third-order valence-corrected chi connectivity index (χ3v) is 4.71. The highest BCUT2D eigenvalue weighted by molar-refractivity contribution is 5.90. The van der Waals surface area contributed by atoms with E-state index in [0.29, 0.717) is 12.0 Å². The first kappa shape index (κ1) is 14.3. The Morgan fingerprint density at radius 2 is 2.05 bits per heavy atom. The molecule has 1 aliphatic heterocycles. The number of hydrogen-bond donors (Lipinski definition) is 0. The fourth-order valence-electron chi connectivity index (χ4n) is 3.50. The van der Waals surface area contributed by atoms with Gasteiger partial charge in [0.15, 0.2) is 0 Å². The largest absolute Gasteiger partial charge is 0.465 e. The number of Topliss-reactive ketones (excluding diaryl/α,β-unsaturated/α-hetero) is 1. The van der Waals surface area contributed by atoms with E-state index in [1.54, 1.807) is 12.1 Å². The van der Waals surface area contributed by atoms with Crippen molar-refractivity contribution in [3.8, 4) is 0 Å². The SMILES string of the molecule is COC(=O)c1ccc(C2CC3(CCCO3)CCC2=O)cc1. The molecule has 2 aliphatic rings. The standard InChI is InChI=1S/C17H20O4/c1-20-16(19)13-5-3-12(4-6-13)14-11-17(8-2-10-21-17)9-7-15(14)18/h3-6,14H,2,7-11H2,1H3. The first-order valence-electron chi connectivity index (χ1n) is 7.48. The van der Waals surface area contributed by atoms with E-state index in [2.05, 4.69) is 0 Å². The molecule has 1 aromatic rings. The molecule has 0 N–H and O–H groups in total. The quantitative estimate of drug-likeness (QED) is 0.785. The van der Waals surface area contributed by atoms with Crippen LogP contribution in [0.1, 0.15) is 53.9 Å². The van der Waals surface area contributed by atoms with E-state index in [4.69, 9.17) is 9.47 Å². The Hall–Kier alpha value is -1.68. The molecular formula is C17H20O4. The lowest BCUT2D eigenvalue weighted by atomic mass is 9.73. The fraction of sp³-hybridized carbons (Fsp3) is 0.529. The summed E-state index contributed by atoms with van der Waals surface area (Å²) < 4.78 is 10.6. The van der Waals surface area contributed by atoms with Crippen LogP contribution >= 0.6 is 0 Å². The van der Waals surface area contributed by atoms with Crippen LogP contribution in [0.15, 0.2) is 24.3 Å². The Balaban J connectivity index is 1.81. The summed E-state index contributed by atoms with van der Waals surface area (Å²) >= 11 is 0. The van der Waals surface area contributed by atoms with Gasteiger partial charge in [0.2, 0.25) is 0 Å². The maximum absolute atomic E-state index is 12.3. The van der Waals surface area contributed by atoms with Gasteiger partial charge >= 0.3 is 5.97 Å². The highest BCUT2D eigenvalue weighted by atomic mass is 16.5. The van der Waals surface area contributed by atoms with Crippen LogP contribution in [0.2, 0.25) is 0 Å². The van der Waals surface area contributed by atoms with Crippen molar-refractivity contribution < 1.29 is 19.1 Å². The number of rotatable bonds is 2. The summed E-state index contributed by atoms with van der Waals surface area (Å²) in [5.41, 5.74) is 1.39. The molecule has 3 rings (SSSR count). The maximum atomic E-state index is 12.3. The molecule has 1 aromatic carbocycles. The van der Waals surface area contributed by atoms with Gasteiger partial charge in [-0.3, -0.25) is 4.79 Å². The van der Waals surface area contributed by atoms with Crippen LogP contribution in [-0.2, 0) is 14.3 Å². The molecular weight excluding hydrogens is 268 g/mol. The fourth-order valence-corrected chi connectivity index (χ4v) is 3.50. The van der Waals surface area contributed by atoms with Crippen molar-refractivity contribution in [3.05, 3.63) is 35.4 Å². The van der Waals surface area contributed by atoms with Crippen LogP contribution in [0.4, 0.5) is 0 Å². The van der Waals surface area contributed by atoms with Gasteiger partial charge in [0.1, 0.15) is 5.78 Å². The predicted octanol–water partition coefficient (Wildman–Crippen LogP) is 2.86. The van der Waals surface area contributed by atoms with Crippen LogP contribution in [0.3, 0.4) is 0 Å². The van der Waals surface area contributed by atoms with Gasteiger partial charge in [-0.1, -0.05) is 12.1 Å². The van der Waals surface area contributed by atoms with Crippen LogP contribution in [0.5, 0.6) is 0 Å². The highest BCUT2D eigenvalue weighted by Gasteiger charge is 2.43. The van der Waals surface area contributed by atoms with E-state index < -0.39 is 0 Å². The molecule has 2 unspecified atom stereocenters. The summed E-state index contributed by atoms with van der Waals surface area (Å²) in [6, 6.07) is 7.18. The molecule has 0 bridgehead atoms. The second-order valence-corrected chi connectivity index (χ2v) is 5.97. The highest BCUT2D eigenvalue weighted by Crippen LogP contribution is 2.44. The topological polar surface area (TPSA) is 52.6 Å². The number of ether oxygens (including phenoxy) is 2. The van der Waals surface area contributed by atoms with Gasteiger partial charge in [-0.15, -0.1) is 0 Å². The molecule has 0 aromatic heterocycles. The Morgan fingerprint density at radius 1 is 1.29 bits per heavy atom. The maximum Gasteiger partial charge on any atom is 0.337 e. The Kier molecular flexibility index (Phi) is 3.81. The summed E-state index contributed by atoms with van der Waals surface area (Å²) in [7, 11) is 1.36. The van der Waals surface area contributed by atoms with Gasteiger partial charge in [-0.2, -0.15) is 0 Å². The van der Waals surface area contributed by atoms with E-state index in [1.165, 1.54) is 7.11 Å². The minimum Gasteiger partial charge on any atom is -0.465 e. The molecule has 1 spiro atoms. The third-order valence-electron chi connectivity index (χ3n) is 4.71. The first-order chi connectivity index (χ1) is 10.1. The number of carbonyl (C=O) groups is 2. The molecule has 0 amide bonds. The summed E-state index contributed by atoms with van der Waals surface area (Å²) in [4.78, 5) is 23.7. The Morgan fingerprint density at radius 3 is 2.67 bits per heavy atom. The molecule has 2 fully saturated rings. The summed E-state index contributed by atoms with van der Waals surface area (Å²) in [5.74, 6) is -0.183. The van der Waals surface area contributed by atoms with Gasteiger partial charge in [0, 0.05) is 18.9 Å². The molecule has 1 saturated heterocycles. The van der Waals surface area contributed by atoms with Crippen molar-refractivity contribution in [1.82, 2.24) is 0 Å². The average molecular weight is 288 g/mol. The molecule has 0 radical (unpaired) electrons. The van der Waals surface area contributed by atoms with Gasteiger partial charge < -0.3 is 9.47 Å². The molecule has 4 heteroatoms. The zero-order chi connectivity index (χ0) is 14.9. The van der Waals surface area contributed by atoms with Gasteiger partial charge in [-0.25, -0.2) is 4.79 Å². The minimum atomic E-state index is -0.355. The van der Waals surface area contributed by atoms with Crippen molar-refractivity contribution in [2.75, 3.05) is 13.7 Å². The van der Waals surface area contributed by atoms with Crippen LogP contribution in [-0.4, -0.2) is 31.1 Å². The van der Waals surface area contributed by atoms with Crippen molar-refractivity contribution >= 4 is 11.8 Å². The lowest BCUT2D eigenvalue weighted by Gasteiger charge is -2.36. The number of benzene rings is 1. The van der Waals surface area contributed by atoms with E-state index in [-0.39, 0.29) is 23.3 Å².